The van der Waals surface area contributed by atoms with Crippen LogP contribution in [0.2, 0.25) is 0 Å². The Bertz CT molecular complexity index is 1410. The number of ether oxygens (including phenoxy) is 2. The molecule has 5 rings (SSSR count). The van der Waals surface area contributed by atoms with Crippen molar-refractivity contribution in [2.45, 2.75) is 0 Å². The smallest absolute Gasteiger partial charge is 0.339 e. The molecule has 30 heavy (non-hydrogen) atoms. The number of esters is 2. The number of aryl methyl sites for hydroxylation is 2. The van der Waals surface area contributed by atoms with Crippen LogP contribution in [-0.4, -0.2) is 35.3 Å². The fraction of sp³-hybridized carbons (Fsp3) is 0.167. The van der Waals surface area contributed by atoms with Gasteiger partial charge >= 0.3 is 11.9 Å². The van der Waals surface area contributed by atoms with Gasteiger partial charge in [-0.3, -0.25) is 0 Å². The molecule has 0 saturated carbocycles. The first-order chi connectivity index (χ1) is 14.5. The van der Waals surface area contributed by atoms with E-state index in [-0.39, 0.29) is 11.1 Å². The maximum absolute atomic E-state index is 13.1. The van der Waals surface area contributed by atoms with Crippen molar-refractivity contribution in [3.05, 3.63) is 59.7 Å². The summed E-state index contributed by atoms with van der Waals surface area (Å²) in [7, 11) is 6.60. The van der Waals surface area contributed by atoms with Crippen molar-refractivity contribution in [1.29, 1.82) is 0 Å². The highest BCUT2D eigenvalue weighted by Gasteiger charge is 2.31. The van der Waals surface area contributed by atoms with Gasteiger partial charge in [0, 0.05) is 46.7 Å². The summed E-state index contributed by atoms with van der Waals surface area (Å²) in [5.74, 6) is -1.13. The van der Waals surface area contributed by atoms with Crippen LogP contribution in [-0.2, 0) is 23.6 Å². The molecular formula is C24H20N2O4. The number of rotatable bonds is 2. The molecule has 2 heterocycles. The zero-order chi connectivity index (χ0) is 21.2. The molecule has 0 amide bonds. The van der Waals surface area contributed by atoms with Crippen LogP contribution >= 0.6 is 0 Å². The second-order valence-electron chi connectivity index (χ2n) is 7.33. The van der Waals surface area contributed by atoms with E-state index < -0.39 is 11.9 Å². The van der Waals surface area contributed by atoms with Crippen molar-refractivity contribution in [2.24, 2.45) is 14.1 Å². The lowest BCUT2D eigenvalue weighted by atomic mass is 9.95. The number of methoxy groups -OCH3 is 2. The third kappa shape index (κ3) is 2.13. The first-order valence-corrected chi connectivity index (χ1v) is 9.58. The molecular weight excluding hydrogens is 380 g/mol. The van der Waals surface area contributed by atoms with Crippen molar-refractivity contribution in [3.63, 3.8) is 0 Å². The minimum absolute atomic E-state index is 0.236. The Hall–Kier alpha value is -3.80. The molecule has 0 aliphatic heterocycles. The number of carbonyl (C=O) groups is 2. The highest BCUT2D eigenvalue weighted by atomic mass is 16.5. The topological polar surface area (TPSA) is 62.5 Å². The lowest BCUT2D eigenvalue weighted by Crippen LogP contribution is -2.13. The van der Waals surface area contributed by atoms with Crippen LogP contribution in [0.5, 0.6) is 0 Å². The Balaban J connectivity index is 2.25. The molecule has 0 atom stereocenters. The van der Waals surface area contributed by atoms with Crippen LogP contribution in [0.25, 0.3) is 43.6 Å². The van der Waals surface area contributed by atoms with Crippen molar-refractivity contribution in [1.82, 2.24) is 9.13 Å². The van der Waals surface area contributed by atoms with E-state index in [0.29, 0.717) is 10.8 Å². The lowest BCUT2D eigenvalue weighted by Gasteiger charge is -2.13. The summed E-state index contributed by atoms with van der Waals surface area (Å²) < 4.78 is 14.4. The van der Waals surface area contributed by atoms with Crippen LogP contribution in [0.3, 0.4) is 0 Å². The van der Waals surface area contributed by atoms with Gasteiger partial charge in [0.2, 0.25) is 0 Å². The molecule has 0 aliphatic rings. The van der Waals surface area contributed by atoms with E-state index in [1.807, 2.05) is 62.6 Å². The van der Waals surface area contributed by atoms with Crippen molar-refractivity contribution in [3.8, 4) is 0 Å². The molecule has 0 fully saturated rings. The van der Waals surface area contributed by atoms with Crippen molar-refractivity contribution in [2.75, 3.05) is 14.2 Å². The number of hydrogen-bond acceptors (Lipinski definition) is 4. The predicted molar refractivity (Wildman–Crippen MR) is 117 cm³/mol. The van der Waals surface area contributed by atoms with Crippen LogP contribution < -0.4 is 0 Å². The van der Waals surface area contributed by atoms with E-state index >= 15 is 0 Å². The molecule has 5 aromatic rings. The van der Waals surface area contributed by atoms with E-state index in [4.69, 9.17) is 9.47 Å². The fourth-order valence-electron chi connectivity index (χ4n) is 4.71. The quantitative estimate of drug-likeness (QED) is 0.408. The Labute approximate surface area is 172 Å². The number of para-hydroxylation sites is 2. The molecule has 0 unspecified atom stereocenters. The molecule has 6 nitrogen and oxygen atoms in total. The van der Waals surface area contributed by atoms with Crippen molar-refractivity contribution >= 4 is 55.6 Å². The van der Waals surface area contributed by atoms with Crippen LogP contribution in [0.15, 0.2) is 48.5 Å². The standard InChI is InChI=1S/C24H20N2O4/c1-25-15-11-7-5-9-13(15)17-19(23(27)29-3)20(24(28)30-4)18-14-10-6-8-12-16(14)26(2)22(18)21(17)25/h5-12H,1-4H3. The Morgan fingerprint density at radius 1 is 0.667 bits per heavy atom. The second-order valence-corrected chi connectivity index (χ2v) is 7.33. The van der Waals surface area contributed by atoms with Gasteiger partial charge in [-0.2, -0.15) is 0 Å². The maximum Gasteiger partial charge on any atom is 0.339 e. The van der Waals surface area contributed by atoms with E-state index in [1.165, 1.54) is 14.2 Å². The summed E-state index contributed by atoms with van der Waals surface area (Å²) in [6, 6.07) is 15.7. The lowest BCUT2D eigenvalue weighted by molar-refractivity contribution is 0.0559. The molecule has 3 aromatic carbocycles. The zero-order valence-corrected chi connectivity index (χ0v) is 17.1. The summed E-state index contributed by atoms with van der Waals surface area (Å²) in [5, 5.41) is 3.15. The van der Waals surface area contributed by atoms with E-state index in [2.05, 4.69) is 9.13 Å². The van der Waals surface area contributed by atoms with Gasteiger partial charge in [-0.05, 0) is 12.1 Å². The van der Waals surface area contributed by atoms with Gasteiger partial charge in [-0.25, -0.2) is 9.59 Å². The normalized spacial score (nSPS) is 11.6. The molecule has 150 valence electrons. The highest BCUT2D eigenvalue weighted by molar-refractivity contribution is 6.33. The van der Waals surface area contributed by atoms with Gasteiger partial charge in [0.1, 0.15) is 0 Å². The summed E-state index contributed by atoms with van der Waals surface area (Å²) in [4.78, 5) is 26.1. The number of nitrogens with zero attached hydrogens (tertiary/aromatic N) is 2. The highest BCUT2D eigenvalue weighted by Crippen LogP contribution is 2.43. The van der Waals surface area contributed by atoms with Gasteiger partial charge in [-0.15, -0.1) is 0 Å². The van der Waals surface area contributed by atoms with E-state index in [1.54, 1.807) is 0 Å². The monoisotopic (exact) mass is 400 g/mol. The number of hydrogen-bond donors (Lipinski definition) is 0. The van der Waals surface area contributed by atoms with Crippen LogP contribution in [0.4, 0.5) is 0 Å². The maximum atomic E-state index is 13.1. The third-order valence-electron chi connectivity index (χ3n) is 5.97. The first kappa shape index (κ1) is 18.2. The molecule has 0 spiro atoms. The minimum atomic E-state index is -0.563. The average Bonchev–Trinajstić information content (AvgIpc) is 3.24. The molecule has 0 radical (unpaired) electrons. The molecule has 6 heteroatoms. The van der Waals surface area contributed by atoms with Crippen molar-refractivity contribution < 1.29 is 19.1 Å². The summed E-state index contributed by atoms with van der Waals surface area (Å²) in [6.45, 7) is 0. The third-order valence-corrected chi connectivity index (χ3v) is 5.97. The molecule has 0 aliphatic carbocycles. The van der Waals surface area contributed by atoms with Crippen LogP contribution in [0, 0.1) is 0 Å². The van der Waals surface area contributed by atoms with Gasteiger partial charge < -0.3 is 18.6 Å². The van der Waals surface area contributed by atoms with Crippen LogP contribution in [0.1, 0.15) is 20.7 Å². The van der Waals surface area contributed by atoms with Gasteiger partial charge in [0.05, 0.1) is 36.4 Å². The number of benzene rings is 3. The predicted octanol–water partition coefficient (Wildman–Crippen LogP) is 4.55. The van der Waals surface area contributed by atoms with E-state index in [9.17, 15) is 9.59 Å². The Kier molecular flexibility index (Phi) is 3.86. The second kappa shape index (κ2) is 6.35. The van der Waals surface area contributed by atoms with Gasteiger partial charge in [0.15, 0.2) is 0 Å². The number of aromatic nitrogens is 2. The summed E-state index contributed by atoms with van der Waals surface area (Å²) >= 11 is 0. The Morgan fingerprint density at radius 3 is 1.40 bits per heavy atom. The molecule has 2 aromatic heterocycles. The summed E-state index contributed by atoms with van der Waals surface area (Å²) in [5.41, 5.74) is 4.15. The number of fused-ring (bicyclic) bond motifs is 7. The first-order valence-electron chi connectivity index (χ1n) is 9.58. The SMILES string of the molecule is COC(=O)c1c(C(=O)OC)c2c3ccccc3n(C)c2c2c1c1ccccc1n2C. The van der Waals surface area contributed by atoms with Gasteiger partial charge in [0.25, 0.3) is 0 Å². The number of carbonyl (C=O) groups excluding carboxylic acids is 2. The molecule has 0 bridgehead atoms. The van der Waals surface area contributed by atoms with Gasteiger partial charge in [-0.1, -0.05) is 36.4 Å². The largest absolute Gasteiger partial charge is 0.465 e. The molecule has 0 N–H and O–H groups in total. The summed E-state index contributed by atoms with van der Waals surface area (Å²) in [6.07, 6.45) is 0. The fourth-order valence-corrected chi connectivity index (χ4v) is 4.71. The zero-order valence-electron chi connectivity index (χ0n) is 17.1. The average molecular weight is 400 g/mol. The van der Waals surface area contributed by atoms with E-state index in [0.717, 1.165) is 32.8 Å². The minimum Gasteiger partial charge on any atom is -0.465 e. The molecule has 0 saturated heterocycles. The Morgan fingerprint density at radius 2 is 1.03 bits per heavy atom.